The molecule has 7 nitrogen and oxygen atoms in total. The van der Waals surface area contributed by atoms with Gasteiger partial charge in [0.1, 0.15) is 10.3 Å². The predicted molar refractivity (Wildman–Crippen MR) is 132 cm³/mol. The van der Waals surface area contributed by atoms with Crippen molar-refractivity contribution in [1.29, 1.82) is 0 Å². The predicted octanol–water partition coefficient (Wildman–Crippen LogP) is 5.43. The number of rotatable bonds is 6. The third-order valence-corrected chi connectivity index (χ3v) is 5.50. The smallest absolute Gasteiger partial charge is 0.274 e. The molecule has 2 aromatic heterocycles. The van der Waals surface area contributed by atoms with Crippen LogP contribution in [-0.2, 0) is 11.2 Å². The normalized spacial score (nSPS) is 10.6. The van der Waals surface area contributed by atoms with Crippen molar-refractivity contribution in [2.45, 2.75) is 13.3 Å². The Bertz CT molecular complexity index is 1320. The van der Waals surface area contributed by atoms with E-state index in [-0.39, 0.29) is 23.9 Å². The van der Waals surface area contributed by atoms with Crippen molar-refractivity contribution in [3.8, 4) is 5.82 Å². The van der Waals surface area contributed by atoms with Gasteiger partial charge in [0.2, 0.25) is 5.91 Å². The van der Waals surface area contributed by atoms with Gasteiger partial charge >= 0.3 is 0 Å². The van der Waals surface area contributed by atoms with E-state index in [0.717, 1.165) is 11.1 Å². The molecule has 0 aliphatic carbocycles. The molecule has 0 aliphatic rings. The monoisotopic (exact) mass is 523 g/mol. The van der Waals surface area contributed by atoms with Crippen LogP contribution in [0.2, 0.25) is 5.02 Å². The topological polar surface area (TPSA) is 88.9 Å². The molecule has 2 N–H and O–H groups in total. The number of aryl methyl sites for hydroxylation is 1. The van der Waals surface area contributed by atoms with Gasteiger partial charge in [-0.1, -0.05) is 41.9 Å². The Morgan fingerprint density at radius 1 is 1.03 bits per heavy atom. The summed E-state index contributed by atoms with van der Waals surface area (Å²) in [4.78, 5) is 29.6. The maximum Gasteiger partial charge on any atom is 0.274 e. The van der Waals surface area contributed by atoms with Crippen molar-refractivity contribution in [1.82, 2.24) is 14.8 Å². The van der Waals surface area contributed by atoms with Crippen LogP contribution in [0.3, 0.4) is 0 Å². The molecule has 0 fully saturated rings. The maximum atomic E-state index is 13.0. The van der Waals surface area contributed by atoms with Gasteiger partial charge in [-0.15, -0.1) is 0 Å². The largest absolute Gasteiger partial charge is 0.326 e. The first-order valence-corrected chi connectivity index (χ1v) is 11.2. The highest BCUT2D eigenvalue weighted by Crippen LogP contribution is 2.24. The van der Waals surface area contributed by atoms with Gasteiger partial charge in [-0.3, -0.25) is 9.59 Å². The number of aromatic nitrogens is 3. The van der Waals surface area contributed by atoms with Crippen molar-refractivity contribution < 1.29 is 9.59 Å². The Balaban J connectivity index is 1.48. The summed E-state index contributed by atoms with van der Waals surface area (Å²) in [5, 5.41) is 10.4. The molecule has 2 aromatic carbocycles. The summed E-state index contributed by atoms with van der Waals surface area (Å²) in [7, 11) is 0. The van der Waals surface area contributed by atoms with Crippen molar-refractivity contribution in [3.05, 3.63) is 99.4 Å². The quantitative estimate of drug-likeness (QED) is 0.352. The summed E-state index contributed by atoms with van der Waals surface area (Å²) in [6, 6.07) is 19.8. The highest BCUT2D eigenvalue weighted by atomic mass is 79.9. The molecule has 33 heavy (non-hydrogen) atoms. The number of pyridine rings is 1. The van der Waals surface area contributed by atoms with Gasteiger partial charge < -0.3 is 10.6 Å². The van der Waals surface area contributed by atoms with E-state index in [1.807, 2.05) is 37.3 Å². The molecule has 0 spiro atoms. The second-order valence-corrected chi connectivity index (χ2v) is 8.49. The lowest BCUT2D eigenvalue weighted by atomic mass is 10.1. The summed E-state index contributed by atoms with van der Waals surface area (Å²) < 4.78 is 1.86. The molecule has 4 aromatic rings. The number of hydrogen-bond donors (Lipinski definition) is 2. The molecule has 0 saturated heterocycles. The van der Waals surface area contributed by atoms with Crippen LogP contribution in [-0.4, -0.2) is 26.6 Å². The van der Waals surface area contributed by atoms with Crippen molar-refractivity contribution in [2.24, 2.45) is 0 Å². The molecule has 2 amide bonds. The Labute approximate surface area is 203 Å². The lowest BCUT2D eigenvalue weighted by Gasteiger charge is -2.12. The van der Waals surface area contributed by atoms with E-state index in [1.165, 1.54) is 4.68 Å². The first-order valence-electron chi connectivity index (χ1n) is 10.0. The third kappa shape index (κ3) is 5.47. The lowest BCUT2D eigenvalue weighted by Crippen LogP contribution is -2.18. The molecule has 0 atom stereocenters. The number of carbonyl (C=O) groups is 2. The summed E-state index contributed by atoms with van der Waals surface area (Å²) >= 11 is 9.54. The summed E-state index contributed by atoms with van der Waals surface area (Å²) in [6.07, 6.45) is 1.86. The SMILES string of the molecule is Cc1cc(NC(=O)Cc2ccccc2)ccc1NC(=O)c1cc(Br)nn1-c1ncccc1Cl. The molecular weight excluding hydrogens is 506 g/mol. The van der Waals surface area contributed by atoms with Crippen LogP contribution < -0.4 is 10.6 Å². The molecule has 4 rings (SSSR count). The van der Waals surface area contributed by atoms with Gasteiger partial charge in [-0.2, -0.15) is 5.10 Å². The molecule has 0 bridgehead atoms. The minimum absolute atomic E-state index is 0.113. The van der Waals surface area contributed by atoms with Gasteiger partial charge in [0.05, 0.1) is 11.4 Å². The van der Waals surface area contributed by atoms with Crippen LogP contribution in [0.15, 0.2) is 77.5 Å². The second-order valence-electron chi connectivity index (χ2n) is 7.27. The van der Waals surface area contributed by atoms with E-state index in [0.29, 0.717) is 26.8 Å². The zero-order chi connectivity index (χ0) is 23.4. The van der Waals surface area contributed by atoms with E-state index >= 15 is 0 Å². The summed E-state index contributed by atoms with van der Waals surface area (Å²) in [6.45, 7) is 1.85. The number of nitrogens with zero attached hydrogens (tertiary/aromatic N) is 3. The van der Waals surface area contributed by atoms with Crippen LogP contribution in [0.5, 0.6) is 0 Å². The maximum absolute atomic E-state index is 13.0. The van der Waals surface area contributed by atoms with E-state index in [2.05, 4.69) is 36.6 Å². The van der Waals surface area contributed by atoms with Crippen LogP contribution >= 0.6 is 27.5 Å². The lowest BCUT2D eigenvalue weighted by molar-refractivity contribution is -0.115. The van der Waals surface area contributed by atoms with E-state index < -0.39 is 0 Å². The van der Waals surface area contributed by atoms with Crippen molar-refractivity contribution in [3.63, 3.8) is 0 Å². The van der Waals surface area contributed by atoms with Crippen LogP contribution in [0, 0.1) is 6.92 Å². The van der Waals surface area contributed by atoms with Crippen molar-refractivity contribution in [2.75, 3.05) is 10.6 Å². The molecule has 0 saturated carbocycles. The highest BCUT2D eigenvalue weighted by molar-refractivity contribution is 9.10. The molecule has 0 aliphatic heterocycles. The first kappa shape index (κ1) is 22.7. The van der Waals surface area contributed by atoms with Gasteiger partial charge in [0.15, 0.2) is 5.82 Å². The van der Waals surface area contributed by atoms with Gasteiger partial charge in [0, 0.05) is 23.6 Å². The summed E-state index contributed by atoms with van der Waals surface area (Å²) in [5.74, 6) is -0.138. The van der Waals surface area contributed by atoms with Gasteiger partial charge in [0.25, 0.3) is 5.91 Å². The Kier molecular flexibility index (Phi) is 6.86. The Morgan fingerprint density at radius 2 is 1.82 bits per heavy atom. The minimum Gasteiger partial charge on any atom is -0.326 e. The van der Waals surface area contributed by atoms with Gasteiger partial charge in [-0.05, 0) is 64.3 Å². The van der Waals surface area contributed by atoms with Crippen LogP contribution in [0.4, 0.5) is 11.4 Å². The number of amides is 2. The molecular formula is C24H19BrClN5O2. The fraction of sp³-hybridized carbons (Fsp3) is 0.0833. The number of halogens is 2. The number of anilines is 2. The average Bonchev–Trinajstić information content (AvgIpc) is 3.18. The molecule has 2 heterocycles. The second kappa shape index (κ2) is 9.97. The zero-order valence-corrected chi connectivity index (χ0v) is 19.9. The standard InChI is InChI=1S/C24H19BrClN5O2/c1-15-12-17(28-22(32)13-16-6-3-2-4-7-16)9-10-19(15)29-24(33)20-14-21(25)30-31(20)23-18(26)8-5-11-27-23/h2-12,14H,13H2,1H3,(H,28,32)(H,29,33). The molecule has 0 radical (unpaired) electrons. The fourth-order valence-electron chi connectivity index (χ4n) is 3.26. The number of benzene rings is 2. The van der Waals surface area contributed by atoms with Crippen LogP contribution in [0.1, 0.15) is 21.6 Å². The summed E-state index contributed by atoms with van der Waals surface area (Å²) in [5.41, 5.74) is 3.26. The molecule has 9 heteroatoms. The minimum atomic E-state index is -0.376. The Hall–Kier alpha value is -3.49. The van der Waals surface area contributed by atoms with Crippen molar-refractivity contribution >= 4 is 50.7 Å². The van der Waals surface area contributed by atoms with E-state index in [9.17, 15) is 9.59 Å². The van der Waals surface area contributed by atoms with E-state index in [4.69, 9.17) is 11.6 Å². The third-order valence-electron chi connectivity index (χ3n) is 4.82. The fourth-order valence-corrected chi connectivity index (χ4v) is 3.84. The zero-order valence-electron chi connectivity index (χ0n) is 17.5. The number of carbonyl (C=O) groups excluding carboxylic acids is 2. The Morgan fingerprint density at radius 3 is 2.55 bits per heavy atom. The van der Waals surface area contributed by atoms with Gasteiger partial charge in [-0.25, -0.2) is 9.67 Å². The molecule has 0 unspecified atom stereocenters. The molecule has 166 valence electrons. The highest BCUT2D eigenvalue weighted by Gasteiger charge is 2.19. The van der Waals surface area contributed by atoms with E-state index in [1.54, 1.807) is 42.6 Å². The number of nitrogens with one attached hydrogen (secondary N) is 2. The average molecular weight is 525 g/mol. The first-order chi connectivity index (χ1) is 15.9. The van der Waals surface area contributed by atoms with Crippen LogP contribution in [0.25, 0.3) is 5.82 Å². The number of hydrogen-bond acceptors (Lipinski definition) is 4.